The summed E-state index contributed by atoms with van der Waals surface area (Å²) in [4.78, 5) is 31.9. The molecule has 6 heteroatoms. The van der Waals surface area contributed by atoms with Crippen LogP contribution in [0, 0.1) is 6.92 Å². The number of fused-ring (bicyclic) bond motifs is 1. The highest BCUT2D eigenvalue weighted by atomic mass is 16.3. The third-order valence-electron chi connectivity index (χ3n) is 5.57. The molecule has 0 radical (unpaired) electrons. The molecule has 0 saturated carbocycles. The average Bonchev–Trinajstić information content (AvgIpc) is 3.33. The molecule has 2 aromatic heterocycles. The normalized spacial score (nSPS) is 16.6. The van der Waals surface area contributed by atoms with Crippen LogP contribution in [0.15, 0.2) is 47.1 Å². The van der Waals surface area contributed by atoms with E-state index in [1.165, 1.54) is 11.2 Å². The molecule has 140 valence electrons. The van der Waals surface area contributed by atoms with E-state index in [0.29, 0.717) is 18.8 Å². The topological polar surface area (TPSA) is 70.8 Å². The van der Waals surface area contributed by atoms with Crippen molar-refractivity contribution in [1.82, 2.24) is 9.88 Å². The van der Waals surface area contributed by atoms with Crippen LogP contribution in [0.3, 0.4) is 0 Å². The number of carbonyl (C=O) groups is 2. The number of nitrogens with zero attached hydrogens (tertiary/aromatic N) is 1. The highest BCUT2D eigenvalue weighted by molar-refractivity contribution is 6.10. The van der Waals surface area contributed by atoms with Crippen LogP contribution in [-0.2, 0) is 0 Å². The number of hydrogen-bond donors (Lipinski definition) is 2. The van der Waals surface area contributed by atoms with Crippen LogP contribution in [0.25, 0.3) is 10.9 Å². The summed E-state index contributed by atoms with van der Waals surface area (Å²) in [7, 11) is 0. The maximum atomic E-state index is 13.2. The standard InChI is InChI=1S/C21H23N3O3/c1-14-19(16-6-3-4-7-17(16)22-14)20(25)15(2)23-9-11-24(12-10-23)21(26)18-8-5-13-27-18/h3-8,13,15,22H,9-12H2,1-2H3/p+1/t15-/m0/s1. The number of aryl methyl sites for hydroxylation is 1. The Kier molecular flexibility index (Phi) is 4.58. The molecule has 6 nitrogen and oxygen atoms in total. The molecule has 0 bridgehead atoms. The van der Waals surface area contributed by atoms with E-state index in [4.69, 9.17) is 4.42 Å². The number of piperazine rings is 1. The number of furan rings is 1. The molecule has 4 rings (SSSR count). The van der Waals surface area contributed by atoms with E-state index in [1.54, 1.807) is 17.0 Å². The zero-order valence-electron chi connectivity index (χ0n) is 15.6. The Morgan fingerprint density at radius 3 is 2.59 bits per heavy atom. The molecule has 27 heavy (non-hydrogen) atoms. The zero-order valence-corrected chi connectivity index (χ0v) is 15.6. The number of amides is 1. The fourth-order valence-corrected chi connectivity index (χ4v) is 3.98. The van der Waals surface area contributed by atoms with E-state index in [1.807, 2.05) is 38.1 Å². The van der Waals surface area contributed by atoms with Gasteiger partial charge in [-0.25, -0.2) is 0 Å². The number of aromatic nitrogens is 1. The molecule has 1 atom stereocenters. The quantitative estimate of drug-likeness (QED) is 0.690. The molecule has 0 spiro atoms. The predicted molar refractivity (Wildman–Crippen MR) is 102 cm³/mol. The molecule has 0 aliphatic carbocycles. The number of para-hydroxylation sites is 1. The van der Waals surface area contributed by atoms with E-state index >= 15 is 0 Å². The number of nitrogens with one attached hydrogen (secondary N) is 2. The Balaban J connectivity index is 1.46. The van der Waals surface area contributed by atoms with Crippen molar-refractivity contribution in [3.8, 4) is 0 Å². The van der Waals surface area contributed by atoms with Crippen LogP contribution in [0.4, 0.5) is 0 Å². The van der Waals surface area contributed by atoms with E-state index in [0.717, 1.165) is 35.2 Å². The van der Waals surface area contributed by atoms with Crippen molar-refractivity contribution < 1.29 is 18.9 Å². The van der Waals surface area contributed by atoms with Gasteiger partial charge in [0, 0.05) is 16.6 Å². The van der Waals surface area contributed by atoms with Gasteiger partial charge in [-0.15, -0.1) is 0 Å². The van der Waals surface area contributed by atoms with Gasteiger partial charge in [-0.3, -0.25) is 9.59 Å². The number of H-pyrrole nitrogens is 1. The summed E-state index contributed by atoms with van der Waals surface area (Å²) in [6.45, 7) is 6.69. The highest BCUT2D eigenvalue weighted by Gasteiger charge is 2.33. The van der Waals surface area contributed by atoms with E-state index in [9.17, 15) is 9.59 Å². The lowest BCUT2D eigenvalue weighted by Gasteiger charge is -2.34. The first-order chi connectivity index (χ1) is 13.1. The van der Waals surface area contributed by atoms with E-state index < -0.39 is 0 Å². The first kappa shape index (κ1) is 17.5. The van der Waals surface area contributed by atoms with Crippen LogP contribution >= 0.6 is 0 Å². The van der Waals surface area contributed by atoms with Crippen molar-refractivity contribution in [2.24, 2.45) is 0 Å². The predicted octanol–water partition coefficient (Wildman–Crippen LogP) is 1.68. The minimum absolute atomic E-state index is 0.0782. The van der Waals surface area contributed by atoms with Gasteiger partial charge in [0.05, 0.1) is 38.0 Å². The molecular weight excluding hydrogens is 342 g/mol. The van der Waals surface area contributed by atoms with Crippen molar-refractivity contribution in [1.29, 1.82) is 0 Å². The van der Waals surface area contributed by atoms with Crippen LogP contribution in [-0.4, -0.2) is 53.8 Å². The number of aromatic amines is 1. The van der Waals surface area contributed by atoms with E-state index in [2.05, 4.69) is 4.98 Å². The van der Waals surface area contributed by atoms with Gasteiger partial charge < -0.3 is 19.2 Å². The molecule has 3 heterocycles. The second-order valence-electron chi connectivity index (χ2n) is 7.18. The average molecular weight is 366 g/mol. The number of quaternary nitrogens is 1. The Morgan fingerprint density at radius 1 is 1.15 bits per heavy atom. The van der Waals surface area contributed by atoms with Crippen molar-refractivity contribution >= 4 is 22.6 Å². The van der Waals surface area contributed by atoms with Gasteiger partial charge in [0.25, 0.3) is 5.91 Å². The maximum Gasteiger partial charge on any atom is 0.289 e. The Bertz CT molecular complexity index is 966. The third kappa shape index (κ3) is 3.17. The van der Waals surface area contributed by atoms with Crippen molar-refractivity contribution in [2.75, 3.05) is 26.2 Å². The van der Waals surface area contributed by atoms with E-state index in [-0.39, 0.29) is 17.7 Å². The second kappa shape index (κ2) is 7.04. The number of Topliss-reactive ketones (excluding diaryl/α,β-unsaturated/α-hetero) is 1. The fraction of sp³-hybridized carbons (Fsp3) is 0.333. The molecule has 0 unspecified atom stereocenters. The number of hydrogen-bond acceptors (Lipinski definition) is 3. The second-order valence-corrected chi connectivity index (χ2v) is 7.18. The number of rotatable bonds is 4. The summed E-state index contributed by atoms with van der Waals surface area (Å²) < 4.78 is 5.21. The maximum absolute atomic E-state index is 13.2. The lowest BCUT2D eigenvalue weighted by molar-refractivity contribution is -0.917. The molecule has 3 aromatic rings. The minimum Gasteiger partial charge on any atom is -0.459 e. The summed E-state index contributed by atoms with van der Waals surface area (Å²) >= 11 is 0. The summed E-state index contributed by atoms with van der Waals surface area (Å²) in [5, 5.41) is 0.984. The molecule has 1 fully saturated rings. The molecule has 1 saturated heterocycles. The van der Waals surface area contributed by atoms with Gasteiger partial charge >= 0.3 is 0 Å². The zero-order chi connectivity index (χ0) is 19.0. The number of carbonyl (C=O) groups excluding carboxylic acids is 2. The van der Waals surface area contributed by atoms with Crippen LogP contribution in [0.5, 0.6) is 0 Å². The van der Waals surface area contributed by atoms with Crippen molar-refractivity contribution in [2.45, 2.75) is 19.9 Å². The van der Waals surface area contributed by atoms with Crippen LogP contribution < -0.4 is 4.90 Å². The summed E-state index contributed by atoms with van der Waals surface area (Å²) in [6, 6.07) is 11.2. The Hall–Kier alpha value is -2.86. The summed E-state index contributed by atoms with van der Waals surface area (Å²) in [5.41, 5.74) is 2.70. The summed E-state index contributed by atoms with van der Waals surface area (Å²) in [5.74, 6) is 0.452. The van der Waals surface area contributed by atoms with Gasteiger partial charge in [-0.1, -0.05) is 18.2 Å². The number of benzene rings is 1. The molecule has 1 aromatic carbocycles. The molecule has 1 amide bonds. The first-order valence-electron chi connectivity index (χ1n) is 9.35. The van der Waals surface area contributed by atoms with Crippen LogP contribution in [0.2, 0.25) is 0 Å². The SMILES string of the molecule is Cc1[nH]c2ccccc2c1C(=O)[C@H](C)[NH+]1CCN(C(=O)c2ccco2)CC1. The monoisotopic (exact) mass is 366 g/mol. The minimum atomic E-state index is -0.149. The first-order valence-corrected chi connectivity index (χ1v) is 9.35. The largest absolute Gasteiger partial charge is 0.459 e. The Labute approximate surface area is 157 Å². The van der Waals surface area contributed by atoms with Crippen molar-refractivity contribution in [3.63, 3.8) is 0 Å². The molecule has 1 aliphatic heterocycles. The van der Waals surface area contributed by atoms with Gasteiger partial charge in [0.2, 0.25) is 5.78 Å². The molecule has 2 N–H and O–H groups in total. The highest BCUT2D eigenvalue weighted by Crippen LogP contribution is 2.22. The van der Waals surface area contributed by atoms with Crippen LogP contribution in [0.1, 0.15) is 33.5 Å². The Morgan fingerprint density at radius 2 is 1.89 bits per heavy atom. The van der Waals surface area contributed by atoms with Gasteiger partial charge in [-0.2, -0.15) is 0 Å². The molecule has 1 aliphatic rings. The summed E-state index contributed by atoms with van der Waals surface area (Å²) in [6.07, 6.45) is 1.51. The fourth-order valence-electron chi connectivity index (χ4n) is 3.98. The third-order valence-corrected chi connectivity index (χ3v) is 5.57. The van der Waals surface area contributed by atoms with Crippen molar-refractivity contribution in [3.05, 3.63) is 59.7 Å². The van der Waals surface area contributed by atoms with Gasteiger partial charge in [0.1, 0.15) is 6.04 Å². The van der Waals surface area contributed by atoms with Gasteiger partial charge in [0.15, 0.2) is 5.76 Å². The lowest BCUT2D eigenvalue weighted by atomic mass is 10.0. The molecular formula is C21H24N3O3+. The smallest absolute Gasteiger partial charge is 0.289 e. The van der Waals surface area contributed by atoms with Gasteiger partial charge in [-0.05, 0) is 32.0 Å². The number of ketones is 1. The lowest BCUT2D eigenvalue weighted by Crippen LogP contribution is -3.18.